The van der Waals surface area contributed by atoms with Crippen molar-refractivity contribution >= 4 is 17.2 Å². The number of hydrogen-bond donors (Lipinski definition) is 1. The molecule has 1 N–H and O–H groups in total. The monoisotopic (exact) mass is 305 g/mol. The second kappa shape index (κ2) is 7.58. The second-order valence-electron chi connectivity index (χ2n) is 5.82. The number of rotatable bonds is 5. The van der Waals surface area contributed by atoms with Gasteiger partial charge in [0.15, 0.2) is 0 Å². The molecule has 1 aromatic heterocycles. The maximum atomic E-state index is 11.7. The number of thiazole rings is 1. The number of likely N-dealkylation sites (tertiary alicyclic amines) is 1. The molecule has 2 heterocycles. The Morgan fingerprint density at radius 2 is 2.48 bits per heavy atom. The molecule has 1 aliphatic heterocycles. The lowest BCUT2D eigenvalue weighted by atomic mass is 9.98. The molecular formula is C16H23N3OS. The fourth-order valence-electron chi connectivity index (χ4n) is 2.56. The Morgan fingerprint density at radius 3 is 3.14 bits per heavy atom. The summed E-state index contributed by atoms with van der Waals surface area (Å²) in [7, 11) is 0. The number of carbonyl (C=O) groups is 1. The van der Waals surface area contributed by atoms with Gasteiger partial charge in [-0.15, -0.1) is 17.8 Å². The van der Waals surface area contributed by atoms with E-state index in [-0.39, 0.29) is 5.91 Å². The Kier molecular flexibility index (Phi) is 5.77. The minimum atomic E-state index is 0.00982. The molecular weight excluding hydrogens is 282 g/mol. The van der Waals surface area contributed by atoms with Crippen LogP contribution in [-0.4, -0.2) is 42.0 Å². The fourth-order valence-corrected chi connectivity index (χ4v) is 3.67. The Morgan fingerprint density at radius 1 is 1.67 bits per heavy atom. The topological polar surface area (TPSA) is 45.2 Å². The molecule has 0 aromatic carbocycles. The van der Waals surface area contributed by atoms with Crippen molar-refractivity contribution in [2.24, 2.45) is 0 Å². The molecule has 21 heavy (non-hydrogen) atoms. The lowest BCUT2D eigenvalue weighted by molar-refractivity contribution is -0.122. The lowest BCUT2D eigenvalue weighted by Crippen LogP contribution is -2.42. The van der Waals surface area contributed by atoms with Crippen molar-refractivity contribution in [3.05, 3.63) is 16.1 Å². The molecule has 4 nitrogen and oxygen atoms in total. The first kappa shape index (κ1) is 16.0. The Bertz CT molecular complexity index is 518. The summed E-state index contributed by atoms with van der Waals surface area (Å²) >= 11 is 1.75. The minimum absolute atomic E-state index is 0.00982. The van der Waals surface area contributed by atoms with Gasteiger partial charge >= 0.3 is 0 Å². The Balaban J connectivity index is 1.91. The fraction of sp³-hybridized carbons (Fsp3) is 0.625. The van der Waals surface area contributed by atoms with E-state index in [9.17, 15) is 4.79 Å². The third kappa shape index (κ3) is 4.55. The molecule has 0 saturated carbocycles. The van der Waals surface area contributed by atoms with Gasteiger partial charge in [-0.3, -0.25) is 9.69 Å². The van der Waals surface area contributed by atoms with Crippen molar-refractivity contribution in [1.82, 2.24) is 15.2 Å². The van der Waals surface area contributed by atoms with Crippen molar-refractivity contribution in [2.75, 3.05) is 26.2 Å². The zero-order chi connectivity index (χ0) is 15.2. The minimum Gasteiger partial charge on any atom is -0.344 e. The maximum absolute atomic E-state index is 11.7. The maximum Gasteiger partial charge on any atom is 0.234 e. The van der Waals surface area contributed by atoms with E-state index >= 15 is 0 Å². The Hall–Kier alpha value is -1.38. The van der Waals surface area contributed by atoms with E-state index in [4.69, 9.17) is 11.4 Å². The number of amides is 1. The van der Waals surface area contributed by atoms with Crippen LogP contribution in [0.1, 0.15) is 49.2 Å². The largest absolute Gasteiger partial charge is 0.344 e. The van der Waals surface area contributed by atoms with Crippen LogP contribution < -0.4 is 5.32 Å². The first-order chi connectivity index (χ1) is 10.1. The van der Waals surface area contributed by atoms with Gasteiger partial charge in [-0.05, 0) is 25.3 Å². The predicted molar refractivity (Wildman–Crippen MR) is 86.5 cm³/mol. The van der Waals surface area contributed by atoms with Crippen molar-refractivity contribution in [1.29, 1.82) is 0 Å². The molecule has 1 unspecified atom stereocenters. The van der Waals surface area contributed by atoms with Crippen LogP contribution in [0.3, 0.4) is 0 Å². The van der Waals surface area contributed by atoms with Gasteiger partial charge in [-0.25, -0.2) is 4.98 Å². The Labute approximate surface area is 131 Å². The number of nitrogens with one attached hydrogen (secondary N) is 1. The van der Waals surface area contributed by atoms with Gasteiger partial charge in [0, 0.05) is 17.8 Å². The van der Waals surface area contributed by atoms with Gasteiger partial charge in [0.2, 0.25) is 5.91 Å². The van der Waals surface area contributed by atoms with E-state index < -0.39 is 0 Å². The van der Waals surface area contributed by atoms with E-state index in [0.29, 0.717) is 24.9 Å². The van der Waals surface area contributed by atoms with Gasteiger partial charge in [0.1, 0.15) is 0 Å². The third-order valence-electron chi connectivity index (χ3n) is 3.74. The highest BCUT2D eigenvalue weighted by Crippen LogP contribution is 2.30. The summed E-state index contributed by atoms with van der Waals surface area (Å²) in [5, 5.41) is 6.10. The number of carbonyl (C=O) groups excluding carboxylic acids is 1. The second-order valence-corrected chi connectivity index (χ2v) is 6.71. The van der Waals surface area contributed by atoms with Crippen LogP contribution in [-0.2, 0) is 4.79 Å². The average molecular weight is 305 g/mol. The van der Waals surface area contributed by atoms with Gasteiger partial charge in [0.05, 0.1) is 23.8 Å². The predicted octanol–water partition coefficient (Wildman–Crippen LogP) is 2.20. The summed E-state index contributed by atoms with van der Waals surface area (Å²) in [6, 6.07) is 0. The molecule has 0 bridgehead atoms. The molecule has 1 amide bonds. The third-order valence-corrected chi connectivity index (χ3v) is 4.77. The van der Waals surface area contributed by atoms with Gasteiger partial charge in [-0.1, -0.05) is 19.8 Å². The van der Waals surface area contributed by atoms with Gasteiger partial charge < -0.3 is 5.32 Å². The summed E-state index contributed by atoms with van der Waals surface area (Å²) in [5.41, 5.74) is 1.18. The average Bonchev–Trinajstić information content (AvgIpc) is 2.95. The number of piperidine rings is 1. The quantitative estimate of drug-likeness (QED) is 0.848. The molecule has 0 radical (unpaired) electrons. The van der Waals surface area contributed by atoms with Crippen LogP contribution in [0.5, 0.6) is 0 Å². The highest BCUT2D eigenvalue weighted by molar-refractivity contribution is 7.09. The summed E-state index contributed by atoms with van der Waals surface area (Å²) in [6.07, 6.45) is 7.42. The van der Waals surface area contributed by atoms with Crippen LogP contribution in [0.4, 0.5) is 0 Å². The van der Waals surface area contributed by atoms with Crippen molar-refractivity contribution in [3.8, 4) is 12.3 Å². The summed E-state index contributed by atoms with van der Waals surface area (Å²) in [4.78, 5) is 18.7. The van der Waals surface area contributed by atoms with Crippen molar-refractivity contribution < 1.29 is 4.79 Å². The molecule has 1 fully saturated rings. The van der Waals surface area contributed by atoms with Crippen LogP contribution in [0.15, 0.2) is 5.38 Å². The SMILES string of the molecule is C#CCNC(=O)CN1CCCC(c2nc(C(C)C)cs2)C1. The normalized spacial score (nSPS) is 19.4. The molecule has 2 rings (SSSR count). The smallest absolute Gasteiger partial charge is 0.234 e. The van der Waals surface area contributed by atoms with Crippen LogP contribution in [0, 0.1) is 12.3 Å². The summed E-state index contributed by atoms with van der Waals surface area (Å²) in [6.45, 7) is 6.96. The van der Waals surface area contributed by atoms with E-state index in [1.165, 1.54) is 10.7 Å². The standard InChI is InChI=1S/C16H23N3OS/c1-4-7-17-15(20)10-19-8-5-6-13(9-19)16-18-14(11-21-16)12(2)3/h1,11-13H,5-10H2,2-3H3,(H,17,20). The molecule has 0 aliphatic carbocycles. The number of nitrogens with zero attached hydrogens (tertiary/aromatic N) is 2. The van der Waals surface area contributed by atoms with Crippen molar-refractivity contribution in [2.45, 2.75) is 38.5 Å². The van der Waals surface area contributed by atoms with E-state index in [0.717, 1.165) is 25.9 Å². The summed E-state index contributed by atoms with van der Waals surface area (Å²) in [5.74, 6) is 3.37. The van der Waals surface area contributed by atoms with Gasteiger partial charge in [0.25, 0.3) is 0 Å². The molecule has 5 heteroatoms. The first-order valence-electron chi connectivity index (χ1n) is 7.48. The van der Waals surface area contributed by atoms with Crippen LogP contribution in [0.2, 0.25) is 0 Å². The first-order valence-corrected chi connectivity index (χ1v) is 8.36. The van der Waals surface area contributed by atoms with E-state index in [1.807, 2.05) is 0 Å². The molecule has 114 valence electrons. The molecule has 0 spiro atoms. The van der Waals surface area contributed by atoms with E-state index in [2.05, 4.69) is 35.4 Å². The lowest BCUT2D eigenvalue weighted by Gasteiger charge is -2.31. The molecule has 1 aromatic rings. The van der Waals surface area contributed by atoms with E-state index in [1.54, 1.807) is 11.3 Å². The van der Waals surface area contributed by atoms with Gasteiger partial charge in [-0.2, -0.15) is 0 Å². The molecule has 1 saturated heterocycles. The van der Waals surface area contributed by atoms with Crippen molar-refractivity contribution in [3.63, 3.8) is 0 Å². The van der Waals surface area contributed by atoms with Crippen LogP contribution >= 0.6 is 11.3 Å². The number of aromatic nitrogens is 1. The zero-order valence-corrected chi connectivity index (χ0v) is 13.6. The number of terminal acetylenes is 1. The number of hydrogen-bond acceptors (Lipinski definition) is 4. The molecule has 1 aliphatic rings. The summed E-state index contributed by atoms with van der Waals surface area (Å²) < 4.78 is 0. The zero-order valence-electron chi connectivity index (χ0n) is 12.8. The highest BCUT2D eigenvalue weighted by Gasteiger charge is 2.25. The van der Waals surface area contributed by atoms with Crippen LogP contribution in [0.25, 0.3) is 0 Å². The molecule has 1 atom stereocenters. The highest BCUT2D eigenvalue weighted by atomic mass is 32.1.